The first-order valence-corrected chi connectivity index (χ1v) is 5.48. The molecule has 0 unspecified atom stereocenters. The van der Waals surface area contributed by atoms with E-state index in [0.29, 0.717) is 0 Å². The lowest BCUT2D eigenvalue weighted by Crippen LogP contribution is -2.24. The molecule has 1 N–H and O–H groups in total. The maximum absolute atomic E-state index is 5.70. The van der Waals surface area contributed by atoms with Gasteiger partial charge in [-0.15, -0.1) is 11.3 Å². The van der Waals surface area contributed by atoms with Crippen molar-refractivity contribution in [1.29, 1.82) is 0 Å². The summed E-state index contributed by atoms with van der Waals surface area (Å²) in [6.07, 6.45) is 1.37. The summed E-state index contributed by atoms with van der Waals surface area (Å²) in [5.74, 6) is 0. The second-order valence-corrected chi connectivity index (χ2v) is 4.74. The Balaban J connectivity index is 2.25. The van der Waals surface area contributed by atoms with Gasteiger partial charge in [0.15, 0.2) is 0 Å². The van der Waals surface area contributed by atoms with Gasteiger partial charge in [-0.3, -0.25) is 0 Å². The van der Waals surface area contributed by atoms with Crippen LogP contribution in [-0.2, 0) is 11.2 Å². The van der Waals surface area contributed by atoms with Gasteiger partial charge in [0.05, 0.1) is 12.7 Å². The molecule has 1 aliphatic heterocycles. The summed E-state index contributed by atoms with van der Waals surface area (Å²) in [4.78, 5) is 2.92. The van der Waals surface area contributed by atoms with Gasteiger partial charge in [-0.2, -0.15) is 0 Å². The quantitative estimate of drug-likeness (QED) is 0.781. The van der Waals surface area contributed by atoms with E-state index >= 15 is 0 Å². The Morgan fingerprint density at radius 1 is 1.69 bits per heavy atom. The smallest absolute Gasteiger partial charge is 0.0960 e. The van der Waals surface area contributed by atoms with Crippen molar-refractivity contribution in [1.82, 2.24) is 5.32 Å². The van der Waals surface area contributed by atoms with Crippen LogP contribution in [0.15, 0.2) is 6.07 Å². The number of nitrogens with one attached hydrogen (secondary N) is 1. The maximum atomic E-state index is 5.70. The normalized spacial score (nSPS) is 21.5. The van der Waals surface area contributed by atoms with Crippen LogP contribution in [0.4, 0.5) is 0 Å². The Morgan fingerprint density at radius 3 is 3.31 bits per heavy atom. The van der Waals surface area contributed by atoms with Crippen LogP contribution in [0.25, 0.3) is 0 Å². The number of hydrogen-bond acceptors (Lipinski definition) is 3. The lowest BCUT2D eigenvalue weighted by atomic mass is 10.1. The van der Waals surface area contributed by atoms with E-state index < -0.39 is 0 Å². The van der Waals surface area contributed by atoms with Crippen molar-refractivity contribution in [3.63, 3.8) is 0 Å². The number of rotatable bonds is 2. The van der Waals surface area contributed by atoms with Crippen molar-refractivity contribution < 1.29 is 4.74 Å². The topological polar surface area (TPSA) is 21.3 Å². The number of likely N-dealkylation sites (N-methyl/N-ethyl adjacent to an activating group) is 1. The van der Waals surface area contributed by atoms with Crippen LogP contribution in [0.2, 0.25) is 0 Å². The zero-order chi connectivity index (χ0) is 9.26. The van der Waals surface area contributed by atoms with Crippen LogP contribution < -0.4 is 5.32 Å². The van der Waals surface area contributed by atoms with E-state index in [-0.39, 0.29) is 6.10 Å². The standard InChI is InChI=1S/C10H15NOS/c1-7-5-8-9(6-11-2)12-4-3-10(8)13-7/h5,9,11H,3-4,6H2,1-2H3/t9-/m1/s1. The third-order valence-electron chi connectivity index (χ3n) is 2.35. The van der Waals surface area contributed by atoms with Crippen LogP contribution >= 0.6 is 11.3 Å². The summed E-state index contributed by atoms with van der Waals surface area (Å²) in [6.45, 7) is 3.96. The molecule has 2 heterocycles. The molecule has 2 nitrogen and oxygen atoms in total. The molecule has 0 amide bonds. The molecule has 0 fully saturated rings. The molecule has 0 aromatic carbocycles. The molecular weight excluding hydrogens is 182 g/mol. The first-order valence-electron chi connectivity index (χ1n) is 4.66. The molecular formula is C10H15NOS. The summed E-state index contributed by atoms with van der Waals surface area (Å²) in [5.41, 5.74) is 1.41. The van der Waals surface area contributed by atoms with Gasteiger partial charge < -0.3 is 10.1 Å². The van der Waals surface area contributed by atoms with Crippen LogP contribution in [0, 0.1) is 6.92 Å². The first-order chi connectivity index (χ1) is 6.31. The minimum absolute atomic E-state index is 0.277. The zero-order valence-corrected chi connectivity index (χ0v) is 8.91. The molecule has 1 aromatic rings. The van der Waals surface area contributed by atoms with E-state index in [1.165, 1.54) is 15.3 Å². The number of aryl methyl sites for hydroxylation is 1. The van der Waals surface area contributed by atoms with Crippen LogP contribution in [0.5, 0.6) is 0 Å². The van der Waals surface area contributed by atoms with E-state index in [1.54, 1.807) is 0 Å². The molecule has 0 bridgehead atoms. The third kappa shape index (κ3) is 1.77. The molecule has 0 spiro atoms. The van der Waals surface area contributed by atoms with Gasteiger partial charge >= 0.3 is 0 Å². The van der Waals surface area contributed by atoms with Gasteiger partial charge in [-0.05, 0) is 25.6 Å². The van der Waals surface area contributed by atoms with E-state index in [4.69, 9.17) is 4.74 Å². The van der Waals surface area contributed by atoms with E-state index in [1.807, 2.05) is 18.4 Å². The summed E-state index contributed by atoms with van der Waals surface area (Å²) >= 11 is 1.91. The Hall–Kier alpha value is -0.380. The fourth-order valence-electron chi connectivity index (χ4n) is 1.79. The average Bonchev–Trinajstić information content (AvgIpc) is 2.47. The molecule has 1 aromatic heterocycles. The van der Waals surface area contributed by atoms with E-state index in [9.17, 15) is 0 Å². The minimum Gasteiger partial charge on any atom is -0.372 e. The predicted octanol–water partition coefficient (Wildman–Crippen LogP) is 1.89. The summed E-state index contributed by atoms with van der Waals surface area (Å²) in [6, 6.07) is 2.27. The monoisotopic (exact) mass is 197 g/mol. The number of hydrogen-bond donors (Lipinski definition) is 1. The number of thiophene rings is 1. The van der Waals surface area contributed by atoms with Crippen molar-refractivity contribution in [2.24, 2.45) is 0 Å². The Kier molecular flexibility index (Phi) is 2.67. The van der Waals surface area contributed by atoms with Gasteiger partial charge in [0, 0.05) is 22.7 Å². The third-order valence-corrected chi connectivity index (χ3v) is 3.48. The van der Waals surface area contributed by atoms with Gasteiger partial charge in [0.2, 0.25) is 0 Å². The summed E-state index contributed by atoms with van der Waals surface area (Å²) in [7, 11) is 1.97. The van der Waals surface area contributed by atoms with Crippen molar-refractivity contribution in [3.8, 4) is 0 Å². The molecule has 13 heavy (non-hydrogen) atoms. The second-order valence-electron chi connectivity index (χ2n) is 3.40. The Bertz CT molecular complexity index is 295. The molecule has 72 valence electrons. The van der Waals surface area contributed by atoms with Gasteiger partial charge in [-0.1, -0.05) is 0 Å². The van der Waals surface area contributed by atoms with Gasteiger partial charge in [0.25, 0.3) is 0 Å². The molecule has 0 radical (unpaired) electrons. The van der Waals surface area contributed by atoms with Crippen molar-refractivity contribution in [3.05, 3.63) is 21.4 Å². The highest BCUT2D eigenvalue weighted by Gasteiger charge is 2.21. The predicted molar refractivity (Wildman–Crippen MR) is 55.4 cm³/mol. The zero-order valence-electron chi connectivity index (χ0n) is 8.09. The molecule has 0 saturated heterocycles. The number of ether oxygens (including phenoxy) is 1. The highest BCUT2D eigenvalue weighted by Crippen LogP contribution is 2.32. The molecule has 3 heteroatoms. The fourth-order valence-corrected chi connectivity index (χ4v) is 2.86. The van der Waals surface area contributed by atoms with E-state index in [0.717, 1.165) is 19.6 Å². The summed E-state index contributed by atoms with van der Waals surface area (Å²) in [5, 5.41) is 3.17. The van der Waals surface area contributed by atoms with Crippen molar-refractivity contribution >= 4 is 11.3 Å². The highest BCUT2D eigenvalue weighted by molar-refractivity contribution is 7.12. The SMILES string of the molecule is CNC[C@H]1OCCc2sc(C)cc21. The Labute approximate surface area is 82.9 Å². The lowest BCUT2D eigenvalue weighted by Gasteiger charge is -2.22. The second kappa shape index (κ2) is 3.78. The molecule has 0 aliphatic carbocycles. The van der Waals surface area contributed by atoms with Crippen LogP contribution in [-0.4, -0.2) is 20.2 Å². The fraction of sp³-hybridized carbons (Fsp3) is 0.600. The van der Waals surface area contributed by atoms with Crippen molar-refractivity contribution in [2.75, 3.05) is 20.2 Å². The van der Waals surface area contributed by atoms with Crippen LogP contribution in [0.1, 0.15) is 21.4 Å². The Morgan fingerprint density at radius 2 is 2.54 bits per heavy atom. The first kappa shape index (κ1) is 9.19. The largest absolute Gasteiger partial charge is 0.372 e. The van der Waals surface area contributed by atoms with Gasteiger partial charge in [-0.25, -0.2) is 0 Å². The maximum Gasteiger partial charge on any atom is 0.0960 e. The number of fused-ring (bicyclic) bond motifs is 1. The van der Waals surface area contributed by atoms with E-state index in [2.05, 4.69) is 18.3 Å². The highest BCUT2D eigenvalue weighted by atomic mass is 32.1. The molecule has 0 saturated carbocycles. The molecule has 1 aliphatic rings. The molecule has 1 atom stereocenters. The molecule has 2 rings (SSSR count). The van der Waals surface area contributed by atoms with Crippen molar-refractivity contribution in [2.45, 2.75) is 19.4 Å². The van der Waals surface area contributed by atoms with Crippen LogP contribution in [0.3, 0.4) is 0 Å². The lowest BCUT2D eigenvalue weighted by molar-refractivity contribution is 0.0451. The average molecular weight is 197 g/mol. The summed E-state index contributed by atoms with van der Waals surface area (Å²) < 4.78 is 5.70. The minimum atomic E-state index is 0.277. The van der Waals surface area contributed by atoms with Gasteiger partial charge in [0.1, 0.15) is 0 Å².